The molecule has 148 valence electrons. The van der Waals surface area contributed by atoms with Crippen LogP contribution in [0.1, 0.15) is 56.1 Å². The Bertz CT molecular complexity index is 913. The number of nitrogens with one attached hydrogen (secondary N) is 2. The SMILES string of the molecule is Cc1cc(CN2CCSCC2)ccc1NC(=O)c1[nH]c2c(c1C)C(=O)CCC2. The lowest BCUT2D eigenvalue weighted by molar-refractivity contribution is 0.0971. The predicted octanol–water partition coefficient (Wildman–Crippen LogP) is 3.95. The minimum absolute atomic E-state index is 0.144. The predicted molar refractivity (Wildman–Crippen MR) is 115 cm³/mol. The third-order valence-corrected chi connectivity index (χ3v) is 6.66. The first-order valence-electron chi connectivity index (χ1n) is 9.98. The first-order valence-corrected chi connectivity index (χ1v) is 11.1. The fourth-order valence-corrected chi connectivity index (χ4v) is 5.15. The van der Waals surface area contributed by atoms with E-state index in [-0.39, 0.29) is 11.7 Å². The second-order valence-corrected chi connectivity index (χ2v) is 8.97. The standard InChI is InChI=1S/C22H27N3O2S/c1-14-12-16(13-25-8-10-28-11-9-25)6-7-17(14)24-22(27)21-15(2)20-18(23-21)4-3-5-19(20)26/h6-7,12,23H,3-5,8-11,13H2,1-2H3,(H,24,27). The highest BCUT2D eigenvalue weighted by Gasteiger charge is 2.26. The number of hydrogen-bond donors (Lipinski definition) is 2. The highest BCUT2D eigenvalue weighted by molar-refractivity contribution is 7.99. The number of fused-ring (bicyclic) bond motifs is 1. The Balaban J connectivity index is 1.48. The van der Waals surface area contributed by atoms with E-state index in [1.165, 1.54) is 17.1 Å². The summed E-state index contributed by atoms with van der Waals surface area (Å²) in [6.07, 6.45) is 2.25. The van der Waals surface area contributed by atoms with Crippen LogP contribution in [0, 0.1) is 13.8 Å². The molecule has 0 spiro atoms. The van der Waals surface area contributed by atoms with Gasteiger partial charge in [-0.2, -0.15) is 11.8 Å². The van der Waals surface area contributed by atoms with Gasteiger partial charge in [-0.25, -0.2) is 0 Å². The highest BCUT2D eigenvalue weighted by atomic mass is 32.2. The molecule has 0 unspecified atom stereocenters. The van der Waals surface area contributed by atoms with Gasteiger partial charge in [-0.3, -0.25) is 14.5 Å². The average molecular weight is 398 g/mol. The number of carbonyl (C=O) groups is 2. The largest absolute Gasteiger partial charge is 0.354 e. The zero-order chi connectivity index (χ0) is 19.7. The van der Waals surface area contributed by atoms with Crippen molar-refractivity contribution in [2.75, 3.05) is 29.9 Å². The van der Waals surface area contributed by atoms with Gasteiger partial charge in [-0.15, -0.1) is 0 Å². The molecule has 0 radical (unpaired) electrons. The number of aromatic amines is 1. The Kier molecular flexibility index (Phi) is 5.60. The van der Waals surface area contributed by atoms with Crippen LogP contribution in [0.3, 0.4) is 0 Å². The summed E-state index contributed by atoms with van der Waals surface area (Å²) in [5.74, 6) is 2.37. The normalized spacial score (nSPS) is 17.4. The smallest absolute Gasteiger partial charge is 0.272 e. The van der Waals surface area contributed by atoms with E-state index in [1.54, 1.807) is 0 Å². The van der Waals surface area contributed by atoms with Crippen LogP contribution in [-0.2, 0) is 13.0 Å². The number of anilines is 1. The average Bonchev–Trinajstić information content (AvgIpc) is 3.03. The van der Waals surface area contributed by atoms with Crippen LogP contribution in [0.25, 0.3) is 0 Å². The lowest BCUT2D eigenvalue weighted by Gasteiger charge is -2.26. The Morgan fingerprint density at radius 2 is 2.00 bits per heavy atom. The second-order valence-electron chi connectivity index (χ2n) is 7.75. The summed E-state index contributed by atoms with van der Waals surface area (Å²) in [7, 11) is 0. The number of hydrogen-bond acceptors (Lipinski definition) is 4. The van der Waals surface area contributed by atoms with Gasteiger partial charge in [-0.1, -0.05) is 12.1 Å². The van der Waals surface area contributed by atoms with Gasteiger partial charge in [0.15, 0.2) is 5.78 Å². The molecule has 1 aliphatic heterocycles. The van der Waals surface area contributed by atoms with Crippen molar-refractivity contribution in [2.45, 2.75) is 39.7 Å². The Hall–Kier alpha value is -2.05. The van der Waals surface area contributed by atoms with Gasteiger partial charge in [0.25, 0.3) is 5.91 Å². The number of aryl methyl sites for hydroxylation is 2. The second kappa shape index (κ2) is 8.13. The third kappa shape index (κ3) is 3.89. The van der Waals surface area contributed by atoms with Crippen LogP contribution in [0.5, 0.6) is 0 Å². The molecule has 0 atom stereocenters. The Morgan fingerprint density at radius 1 is 1.21 bits per heavy atom. The zero-order valence-corrected chi connectivity index (χ0v) is 17.4. The van der Waals surface area contributed by atoms with Crippen molar-refractivity contribution in [3.63, 3.8) is 0 Å². The number of rotatable bonds is 4. The van der Waals surface area contributed by atoms with Gasteiger partial charge < -0.3 is 10.3 Å². The molecule has 1 saturated heterocycles. The van der Waals surface area contributed by atoms with Crippen LogP contribution in [-0.4, -0.2) is 46.2 Å². The topological polar surface area (TPSA) is 65.2 Å². The van der Waals surface area contributed by atoms with Crippen molar-refractivity contribution in [3.8, 4) is 0 Å². The van der Waals surface area contributed by atoms with Crippen molar-refractivity contribution < 1.29 is 9.59 Å². The maximum absolute atomic E-state index is 12.8. The van der Waals surface area contributed by atoms with Gasteiger partial charge >= 0.3 is 0 Å². The van der Waals surface area contributed by atoms with Crippen molar-refractivity contribution in [3.05, 3.63) is 51.8 Å². The minimum atomic E-state index is -0.177. The van der Waals surface area contributed by atoms with Crippen LogP contribution < -0.4 is 5.32 Å². The van der Waals surface area contributed by atoms with Crippen molar-refractivity contribution in [2.24, 2.45) is 0 Å². The van der Waals surface area contributed by atoms with Crippen LogP contribution in [0.2, 0.25) is 0 Å². The molecule has 1 aromatic heterocycles. The summed E-state index contributed by atoms with van der Waals surface area (Å²) in [6.45, 7) is 7.12. The summed E-state index contributed by atoms with van der Waals surface area (Å²) >= 11 is 2.02. The maximum Gasteiger partial charge on any atom is 0.272 e. The quantitative estimate of drug-likeness (QED) is 0.820. The molecule has 6 heteroatoms. The number of Topliss-reactive ketones (excluding diaryl/α,β-unsaturated/α-hetero) is 1. The van der Waals surface area contributed by atoms with Crippen molar-refractivity contribution >= 4 is 29.1 Å². The molecule has 0 saturated carbocycles. The lowest BCUT2D eigenvalue weighted by Crippen LogP contribution is -2.31. The van der Waals surface area contributed by atoms with E-state index in [0.29, 0.717) is 12.1 Å². The highest BCUT2D eigenvalue weighted by Crippen LogP contribution is 2.27. The molecule has 2 aromatic rings. The molecule has 4 rings (SSSR count). The molecule has 2 N–H and O–H groups in total. The summed E-state index contributed by atoms with van der Waals surface area (Å²) in [5, 5.41) is 3.02. The number of carbonyl (C=O) groups excluding carboxylic acids is 2. The fourth-order valence-electron chi connectivity index (χ4n) is 4.17. The van der Waals surface area contributed by atoms with Gasteiger partial charge in [0.1, 0.15) is 5.69 Å². The Labute approximate surface area is 170 Å². The van der Waals surface area contributed by atoms with Gasteiger partial charge in [0, 0.05) is 54.5 Å². The number of amides is 1. The molecular weight excluding hydrogens is 370 g/mol. The van der Waals surface area contributed by atoms with Crippen LogP contribution in [0.4, 0.5) is 5.69 Å². The van der Waals surface area contributed by atoms with E-state index in [2.05, 4.69) is 27.3 Å². The molecule has 0 bridgehead atoms. The monoisotopic (exact) mass is 397 g/mol. The Morgan fingerprint density at radius 3 is 2.71 bits per heavy atom. The molecule has 1 aliphatic carbocycles. The fraction of sp³-hybridized carbons (Fsp3) is 0.455. The molecule has 1 amide bonds. The van der Waals surface area contributed by atoms with Crippen LogP contribution in [0.15, 0.2) is 18.2 Å². The number of nitrogens with zero attached hydrogens (tertiary/aromatic N) is 1. The molecule has 2 heterocycles. The van der Waals surface area contributed by atoms with Crippen LogP contribution >= 0.6 is 11.8 Å². The number of ketones is 1. The van der Waals surface area contributed by atoms with Crippen molar-refractivity contribution in [1.29, 1.82) is 0 Å². The maximum atomic E-state index is 12.8. The number of H-pyrrole nitrogens is 1. The van der Waals surface area contributed by atoms with Crippen molar-refractivity contribution in [1.82, 2.24) is 9.88 Å². The van der Waals surface area contributed by atoms with Gasteiger partial charge in [-0.05, 0) is 49.4 Å². The first kappa shape index (κ1) is 19.3. The van der Waals surface area contributed by atoms with Gasteiger partial charge in [0.2, 0.25) is 0 Å². The summed E-state index contributed by atoms with van der Waals surface area (Å²) in [5.41, 5.74) is 6.07. The first-order chi connectivity index (χ1) is 13.5. The molecule has 5 nitrogen and oxygen atoms in total. The number of benzene rings is 1. The minimum Gasteiger partial charge on any atom is -0.354 e. The third-order valence-electron chi connectivity index (χ3n) is 5.71. The van der Waals surface area contributed by atoms with E-state index >= 15 is 0 Å². The molecule has 1 aromatic carbocycles. The summed E-state index contributed by atoms with van der Waals surface area (Å²) in [4.78, 5) is 30.7. The number of aromatic nitrogens is 1. The van der Waals surface area contributed by atoms with E-state index in [0.717, 1.165) is 60.5 Å². The summed E-state index contributed by atoms with van der Waals surface area (Å²) in [6, 6.07) is 6.25. The molecule has 1 fully saturated rings. The number of thioether (sulfide) groups is 1. The zero-order valence-electron chi connectivity index (χ0n) is 16.6. The molecule has 28 heavy (non-hydrogen) atoms. The van der Waals surface area contributed by atoms with E-state index in [1.807, 2.05) is 31.7 Å². The van der Waals surface area contributed by atoms with E-state index in [4.69, 9.17) is 0 Å². The van der Waals surface area contributed by atoms with E-state index in [9.17, 15) is 9.59 Å². The van der Waals surface area contributed by atoms with E-state index < -0.39 is 0 Å². The molecule has 2 aliphatic rings. The van der Waals surface area contributed by atoms with Gasteiger partial charge in [0.05, 0.1) is 0 Å². The lowest BCUT2D eigenvalue weighted by atomic mass is 9.94. The summed E-state index contributed by atoms with van der Waals surface area (Å²) < 4.78 is 0. The molecular formula is C22H27N3O2S.